The van der Waals surface area contributed by atoms with Crippen molar-refractivity contribution in [3.05, 3.63) is 23.6 Å². The molecule has 25 heavy (non-hydrogen) atoms. The molecule has 2 fully saturated rings. The van der Waals surface area contributed by atoms with E-state index in [2.05, 4.69) is 14.9 Å². The van der Waals surface area contributed by atoms with Gasteiger partial charge in [0, 0.05) is 31.1 Å². The molecule has 2 aliphatic carbocycles. The summed E-state index contributed by atoms with van der Waals surface area (Å²) in [5.41, 5.74) is 3.48. The maximum atomic E-state index is 13.3. The molecule has 7 heteroatoms. The van der Waals surface area contributed by atoms with Gasteiger partial charge in [-0.05, 0) is 38.7 Å². The molecule has 3 heterocycles. The summed E-state index contributed by atoms with van der Waals surface area (Å²) in [5, 5.41) is 9.34. The second kappa shape index (κ2) is 4.97. The van der Waals surface area contributed by atoms with Crippen LogP contribution in [0.3, 0.4) is 0 Å². The number of aryl methyl sites for hydroxylation is 2. The van der Waals surface area contributed by atoms with E-state index in [-0.39, 0.29) is 5.91 Å². The van der Waals surface area contributed by atoms with Gasteiger partial charge >= 0.3 is 0 Å². The minimum Gasteiger partial charge on any atom is -0.342 e. The number of imidazole rings is 1. The van der Waals surface area contributed by atoms with Crippen molar-refractivity contribution in [1.29, 1.82) is 5.41 Å². The number of nitrogens with one attached hydrogen (secondary N) is 2. The van der Waals surface area contributed by atoms with Crippen LogP contribution in [-0.4, -0.2) is 42.0 Å². The van der Waals surface area contributed by atoms with Crippen LogP contribution < -0.4 is 5.49 Å². The summed E-state index contributed by atoms with van der Waals surface area (Å²) in [6.45, 7) is 2.74. The highest BCUT2D eigenvalue weighted by Gasteiger charge is 2.43. The summed E-state index contributed by atoms with van der Waals surface area (Å²) in [4.78, 5) is 22.9. The molecule has 0 atom stereocenters. The number of H-pyrrole nitrogens is 1. The van der Waals surface area contributed by atoms with Gasteiger partial charge in [0.05, 0.1) is 6.33 Å². The summed E-state index contributed by atoms with van der Waals surface area (Å²) < 4.78 is 3.89. The molecule has 3 aromatic rings. The molecule has 7 nitrogen and oxygen atoms in total. The molecule has 2 saturated carbocycles. The van der Waals surface area contributed by atoms with E-state index in [1.165, 1.54) is 0 Å². The Morgan fingerprint density at radius 2 is 2.04 bits per heavy atom. The van der Waals surface area contributed by atoms with Crippen molar-refractivity contribution in [3.8, 4) is 0 Å². The lowest BCUT2D eigenvalue weighted by Crippen LogP contribution is -2.36. The van der Waals surface area contributed by atoms with E-state index in [4.69, 9.17) is 5.41 Å². The fraction of sp³-hybridized carbons (Fsp3) is 0.500. The van der Waals surface area contributed by atoms with Crippen LogP contribution in [0.15, 0.2) is 12.4 Å². The second-order valence-corrected chi connectivity index (χ2v) is 7.22. The van der Waals surface area contributed by atoms with E-state index in [1.54, 1.807) is 6.33 Å². The summed E-state index contributed by atoms with van der Waals surface area (Å²) in [7, 11) is 1.88. The number of pyridine rings is 1. The Morgan fingerprint density at radius 1 is 1.36 bits per heavy atom. The molecule has 5 rings (SSSR count). The Bertz CT molecular complexity index is 1050. The van der Waals surface area contributed by atoms with Gasteiger partial charge in [-0.25, -0.2) is 4.98 Å². The minimum absolute atomic E-state index is 0.137. The van der Waals surface area contributed by atoms with Crippen molar-refractivity contribution in [2.45, 2.75) is 51.2 Å². The number of aromatic amines is 1. The first-order valence-corrected chi connectivity index (χ1v) is 9.04. The zero-order chi connectivity index (χ0) is 17.3. The predicted molar refractivity (Wildman–Crippen MR) is 94.3 cm³/mol. The number of carbonyl (C=O) groups excluding carboxylic acids is 1. The number of fused-ring (bicyclic) bond motifs is 3. The lowest BCUT2D eigenvalue weighted by Gasteiger charge is -2.22. The van der Waals surface area contributed by atoms with Crippen molar-refractivity contribution in [3.63, 3.8) is 0 Å². The van der Waals surface area contributed by atoms with Crippen molar-refractivity contribution in [2.24, 2.45) is 7.05 Å². The molecule has 2 aliphatic rings. The van der Waals surface area contributed by atoms with Crippen molar-refractivity contribution in [1.82, 2.24) is 24.0 Å². The lowest BCUT2D eigenvalue weighted by atomic mass is 10.2. The molecular weight excluding hydrogens is 316 g/mol. The normalized spacial score (nSPS) is 17.5. The molecule has 130 valence electrons. The number of amides is 1. The van der Waals surface area contributed by atoms with Gasteiger partial charge in [0.2, 0.25) is 0 Å². The Hall–Kier alpha value is -2.57. The van der Waals surface area contributed by atoms with Crippen molar-refractivity contribution >= 4 is 28.0 Å². The fourth-order valence-electron chi connectivity index (χ4n) is 3.99. The molecule has 0 saturated heterocycles. The first-order valence-electron chi connectivity index (χ1n) is 9.04. The third-order valence-electron chi connectivity index (χ3n) is 5.50. The van der Waals surface area contributed by atoms with E-state index < -0.39 is 0 Å². The number of rotatable bonds is 4. The maximum Gasteiger partial charge on any atom is 0.271 e. The molecule has 0 spiro atoms. The van der Waals surface area contributed by atoms with Crippen molar-refractivity contribution < 1.29 is 4.79 Å². The van der Waals surface area contributed by atoms with Gasteiger partial charge in [-0.3, -0.25) is 10.2 Å². The van der Waals surface area contributed by atoms with Gasteiger partial charge in [-0.15, -0.1) is 0 Å². The average molecular weight is 338 g/mol. The quantitative estimate of drug-likeness (QED) is 0.764. The summed E-state index contributed by atoms with van der Waals surface area (Å²) in [5.74, 6) is 0.137. The molecule has 0 bridgehead atoms. The van der Waals surface area contributed by atoms with Gasteiger partial charge < -0.3 is 19.0 Å². The first-order chi connectivity index (χ1) is 12.1. The molecule has 1 amide bonds. The van der Waals surface area contributed by atoms with Crippen LogP contribution in [0.25, 0.3) is 22.1 Å². The summed E-state index contributed by atoms with van der Waals surface area (Å²) in [6, 6.07) is 2.82. The second-order valence-electron chi connectivity index (χ2n) is 7.22. The SMILES string of the molecule is CCn1c(C(=O)N(C2CC2)C2CC2)cc2c3nc[nH]c3c(=N)n(C)c21. The van der Waals surface area contributed by atoms with Crippen LogP contribution in [-0.2, 0) is 13.6 Å². The van der Waals surface area contributed by atoms with E-state index in [1.807, 2.05) is 29.2 Å². The topological polar surface area (TPSA) is 82.7 Å². The van der Waals surface area contributed by atoms with Crippen LogP contribution >= 0.6 is 0 Å². The highest BCUT2D eigenvalue weighted by atomic mass is 16.2. The number of nitrogens with zero attached hydrogens (tertiary/aromatic N) is 4. The minimum atomic E-state index is 0.137. The molecular formula is C18H22N6O. The van der Waals surface area contributed by atoms with E-state index in [9.17, 15) is 4.79 Å². The van der Waals surface area contributed by atoms with E-state index >= 15 is 0 Å². The molecule has 0 aliphatic heterocycles. The highest BCUT2D eigenvalue weighted by Crippen LogP contribution is 2.39. The third kappa shape index (κ3) is 2.01. The third-order valence-corrected chi connectivity index (χ3v) is 5.50. The highest BCUT2D eigenvalue weighted by molar-refractivity contribution is 6.06. The summed E-state index contributed by atoms with van der Waals surface area (Å²) >= 11 is 0. The molecule has 0 radical (unpaired) electrons. The van der Waals surface area contributed by atoms with Gasteiger partial charge in [0.1, 0.15) is 22.4 Å². The van der Waals surface area contributed by atoms with Gasteiger partial charge in [-0.1, -0.05) is 0 Å². The van der Waals surface area contributed by atoms with Gasteiger partial charge in [0.15, 0.2) is 5.49 Å². The molecule has 0 unspecified atom stereocenters. The van der Waals surface area contributed by atoms with E-state index in [0.29, 0.717) is 29.6 Å². The number of hydrogen-bond acceptors (Lipinski definition) is 3. The molecule has 0 aromatic carbocycles. The smallest absolute Gasteiger partial charge is 0.271 e. The molecule has 2 N–H and O–H groups in total. The number of aromatic nitrogens is 4. The van der Waals surface area contributed by atoms with Crippen LogP contribution in [0.1, 0.15) is 43.1 Å². The number of hydrogen-bond donors (Lipinski definition) is 2. The monoisotopic (exact) mass is 338 g/mol. The van der Waals surface area contributed by atoms with Crippen LogP contribution in [0, 0.1) is 5.41 Å². The molecule has 3 aromatic heterocycles. The van der Waals surface area contributed by atoms with Crippen LogP contribution in [0.4, 0.5) is 0 Å². The van der Waals surface area contributed by atoms with E-state index in [0.717, 1.165) is 47.9 Å². The van der Waals surface area contributed by atoms with Crippen LogP contribution in [0.2, 0.25) is 0 Å². The maximum absolute atomic E-state index is 13.3. The Morgan fingerprint density at radius 3 is 2.64 bits per heavy atom. The Kier molecular flexibility index (Phi) is 2.93. The predicted octanol–water partition coefficient (Wildman–Crippen LogP) is 2.12. The largest absolute Gasteiger partial charge is 0.342 e. The fourth-order valence-corrected chi connectivity index (χ4v) is 3.99. The lowest BCUT2D eigenvalue weighted by molar-refractivity contribution is 0.0719. The standard InChI is InChI=1S/C18H22N6O/c1-3-23-13(18(25)24(10-4-5-10)11-6-7-11)8-12-14-15(21-9-20-14)16(19)22(2)17(12)23/h8-11,19H,3-7H2,1-2H3,(H,20,21). The number of carbonyl (C=O) groups is 1. The van der Waals surface area contributed by atoms with Gasteiger partial charge in [-0.2, -0.15) is 0 Å². The first kappa shape index (κ1) is 14.7. The van der Waals surface area contributed by atoms with Crippen LogP contribution in [0.5, 0.6) is 0 Å². The van der Waals surface area contributed by atoms with Gasteiger partial charge in [0.25, 0.3) is 5.91 Å². The zero-order valence-electron chi connectivity index (χ0n) is 14.5. The summed E-state index contributed by atoms with van der Waals surface area (Å²) in [6.07, 6.45) is 6.13. The average Bonchev–Trinajstić information content (AvgIpc) is 3.53. The Balaban J connectivity index is 1.77. The van der Waals surface area contributed by atoms with Crippen molar-refractivity contribution in [2.75, 3.05) is 0 Å². The Labute approximate surface area is 144 Å². The zero-order valence-corrected chi connectivity index (χ0v) is 14.5.